The van der Waals surface area contributed by atoms with Crippen LogP contribution in [0.2, 0.25) is 0 Å². The van der Waals surface area contributed by atoms with Crippen molar-refractivity contribution >= 4 is 81.1 Å². The van der Waals surface area contributed by atoms with Gasteiger partial charge in [-0.3, -0.25) is 0 Å². The highest BCUT2D eigenvalue weighted by molar-refractivity contribution is 7.26. The van der Waals surface area contributed by atoms with Crippen LogP contribution in [0.1, 0.15) is 0 Å². The van der Waals surface area contributed by atoms with Crippen LogP contribution < -0.4 is 5.73 Å². The van der Waals surface area contributed by atoms with Crippen LogP contribution in [-0.2, 0) is 0 Å². The monoisotopic (exact) mass is 759 g/mol. The standard InChI is InChI=1S/C54H33NO2S/c55-48-21-14-35(32-8-3-1-4-9-32)27-43(48)40-13-7-12-34(26-40)39-18-25-52-47(31-39)42-20-19-41-44-29-37(17-24-51(44)57-53(41)54(42)58-52)38-16-23-50-46(30-38)45-28-36(15-22-49(45)56-50)33-10-5-2-6-11-33/h1-31H,55H2. The van der Waals surface area contributed by atoms with Gasteiger partial charge >= 0.3 is 0 Å². The number of hydrogen-bond acceptors (Lipinski definition) is 4. The van der Waals surface area contributed by atoms with Crippen molar-refractivity contribution in [3.05, 3.63) is 188 Å². The van der Waals surface area contributed by atoms with Crippen LogP contribution >= 0.6 is 11.3 Å². The molecule has 3 nitrogen and oxygen atoms in total. The molecule has 12 rings (SSSR count). The van der Waals surface area contributed by atoms with Gasteiger partial charge in [0.05, 0.1) is 4.70 Å². The number of nitrogen functional groups attached to an aromatic ring is 1. The van der Waals surface area contributed by atoms with Crippen LogP contribution in [-0.4, -0.2) is 0 Å². The fourth-order valence-electron chi connectivity index (χ4n) is 8.68. The fourth-order valence-corrected chi connectivity index (χ4v) is 9.84. The molecule has 0 bridgehead atoms. The molecule has 0 aliphatic heterocycles. The molecule has 0 fully saturated rings. The van der Waals surface area contributed by atoms with Gasteiger partial charge in [-0.2, -0.15) is 0 Å². The van der Waals surface area contributed by atoms with Gasteiger partial charge in [-0.05, 0) is 123 Å². The summed E-state index contributed by atoms with van der Waals surface area (Å²) in [5, 5.41) is 6.91. The van der Waals surface area contributed by atoms with Gasteiger partial charge in [-0.25, -0.2) is 0 Å². The molecule has 3 aromatic heterocycles. The van der Waals surface area contributed by atoms with Crippen LogP contribution in [0.15, 0.2) is 197 Å². The number of thiophene rings is 1. The largest absolute Gasteiger partial charge is 0.456 e. The fraction of sp³-hybridized carbons (Fsp3) is 0. The predicted molar refractivity (Wildman–Crippen MR) is 245 cm³/mol. The number of fused-ring (bicyclic) bond motifs is 10. The van der Waals surface area contributed by atoms with Crippen LogP contribution in [0.5, 0.6) is 0 Å². The van der Waals surface area contributed by atoms with Crippen molar-refractivity contribution in [1.29, 1.82) is 0 Å². The first kappa shape index (κ1) is 32.8. The predicted octanol–water partition coefficient (Wildman–Crippen LogP) is 15.8. The third-order valence-corrected chi connectivity index (χ3v) is 12.8. The van der Waals surface area contributed by atoms with E-state index in [9.17, 15) is 0 Å². The second kappa shape index (κ2) is 12.8. The summed E-state index contributed by atoms with van der Waals surface area (Å²) in [7, 11) is 0. The van der Waals surface area contributed by atoms with E-state index in [2.05, 4.69) is 170 Å². The van der Waals surface area contributed by atoms with E-state index in [1.807, 2.05) is 18.2 Å². The molecule has 2 N–H and O–H groups in total. The lowest BCUT2D eigenvalue weighted by Gasteiger charge is -2.11. The quantitative estimate of drug-likeness (QED) is 0.178. The van der Waals surface area contributed by atoms with E-state index in [0.717, 1.165) is 82.9 Å². The number of nitrogens with two attached hydrogens (primary N) is 1. The summed E-state index contributed by atoms with van der Waals surface area (Å²) < 4.78 is 15.4. The summed E-state index contributed by atoms with van der Waals surface area (Å²) in [5.41, 5.74) is 22.4. The van der Waals surface area contributed by atoms with Gasteiger partial charge in [-0.15, -0.1) is 11.3 Å². The van der Waals surface area contributed by atoms with Crippen molar-refractivity contribution < 1.29 is 8.83 Å². The van der Waals surface area contributed by atoms with Gasteiger partial charge in [0.15, 0.2) is 5.58 Å². The maximum Gasteiger partial charge on any atom is 0.153 e. The van der Waals surface area contributed by atoms with E-state index >= 15 is 0 Å². The van der Waals surface area contributed by atoms with Gasteiger partial charge < -0.3 is 14.6 Å². The van der Waals surface area contributed by atoms with E-state index in [1.54, 1.807) is 11.3 Å². The van der Waals surface area contributed by atoms with Crippen molar-refractivity contribution in [1.82, 2.24) is 0 Å². The number of hydrogen-bond donors (Lipinski definition) is 1. The van der Waals surface area contributed by atoms with E-state index in [0.29, 0.717) is 0 Å². The molecule has 0 radical (unpaired) electrons. The Hall–Kier alpha value is -7.40. The molecule has 58 heavy (non-hydrogen) atoms. The molecule has 0 saturated heterocycles. The van der Waals surface area contributed by atoms with Crippen molar-refractivity contribution in [2.45, 2.75) is 0 Å². The number of furan rings is 2. The normalized spacial score (nSPS) is 11.9. The average Bonchev–Trinajstić information content (AvgIpc) is 3.97. The Bertz CT molecular complexity index is 3570. The molecular formula is C54H33NO2S. The second-order valence-corrected chi connectivity index (χ2v) is 16.1. The summed E-state index contributed by atoms with van der Waals surface area (Å²) in [6.07, 6.45) is 0. The SMILES string of the molecule is Nc1ccc(-c2ccccc2)cc1-c1cccc(-c2ccc3sc4c(ccc5c6cc(-c7ccc8oc9ccc(-c%10ccccc%10)cc9c8c7)ccc6oc54)c3c2)c1. The molecule has 4 heteroatoms. The first-order chi connectivity index (χ1) is 28.6. The molecule has 0 atom stereocenters. The minimum absolute atomic E-state index is 0.767. The smallest absolute Gasteiger partial charge is 0.153 e. The lowest BCUT2D eigenvalue weighted by molar-refractivity contribution is 0.669. The molecule has 3 heterocycles. The van der Waals surface area contributed by atoms with E-state index in [4.69, 9.17) is 14.6 Å². The Morgan fingerprint density at radius 2 is 0.810 bits per heavy atom. The summed E-state index contributed by atoms with van der Waals surface area (Å²) in [6.45, 7) is 0. The summed E-state index contributed by atoms with van der Waals surface area (Å²) in [5.74, 6) is 0. The van der Waals surface area contributed by atoms with Crippen molar-refractivity contribution in [2.24, 2.45) is 0 Å². The maximum absolute atomic E-state index is 6.67. The average molecular weight is 760 g/mol. The van der Waals surface area contributed by atoms with Gasteiger partial charge in [-0.1, -0.05) is 115 Å². The zero-order chi connectivity index (χ0) is 38.3. The first-order valence-corrected chi connectivity index (χ1v) is 20.3. The zero-order valence-corrected chi connectivity index (χ0v) is 32.0. The molecular weight excluding hydrogens is 727 g/mol. The molecule has 0 saturated carbocycles. The number of anilines is 1. The molecule has 0 amide bonds. The highest BCUT2D eigenvalue weighted by Gasteiger charge is 2.17. The summed E-state index contributed by atoms with van der Waals surface area (Å²) in [6, 6.07) is 66.7. The first-order valence-electron chi connectivity index (χ1n) is 19.5. The molecule has 272 valence electrons. The van der Waals surface area contributed by atoms with E-state index in [1.165, 1.54) is 42.4 Å². The van der Waals surface area contributed by atoms with Crippen molar-refractivity contribution in [3.8, 4) is 55.6 Å². The molecule has 0 spiro atoms. The van der Waals surface area contributed by atoms with Crippen LogP contribution in [0.3, 0.4) is 0 Å². The van der Waals surface area contributed by atoms with Crippen molar-refractivity contribution in [2.75, 3.05) is 5.73 Å². The zero-order valence-electron chi connectivity index (χ0n) is 31.2. The third-order valence-electron chi connectivity index (χ3n) is 11.7. The Morgan fingerprint density at radius 1 is 0.328 bits per heavy atom. The van der Waals surface area contributed by atoms with Crippen LogP contribution in [0.4, 0.5) is 5.69 Å². The van der Waals surface area contributed by atoms with Gasteiger partial charge in [0, 0.05) is 48.3 Å². The topological polar surface area (TPSA) is 52.3 Å². The molecule has 9 aromatic carbocycles. The van der Waals surface area contributed by atoms with Crippen molar-refractivity contribution in [3.63, 3.8) is 0 Å². The molecule has 0 aliphatic rings. The molecule has 12 aromatic rings. The lowest BCUT2D eigenvalue weighted by Crippen LogP contribution is -1.91. The summed E-state index contributed by atoms with van der Waals surface area (Å²) >= 11 is 1.79. The number of rotatable bonds is 5. The summed E-state index contributed by atoms with van der Waals surface area (Å²) in [4.78, 5) is 0. The molecule has 0 unspecified atom stereocenters. The third kappa shape index (κ3) is 5.27. The van der Waals surface area contributed by atoms with Gasteiger partial charge in [0.1, 0.15) is 16.7 Å². The van der Waals surface area contributed by atoms with Crippen LogP contribution in [0, 0.1) is 0 Å². The second-order valence-electron chi connectivity index (χ2n) is 15.1. The minimum atomic E-state index is 0.767. The Balaban J connectivity index is 0.917. The van der Waals surface area contributed by atoms with E-state index in [-0.39, 0.29) is 0 Å². The lowest BCUT2D eigenvalue weighted by atomic mass is 9.94. The van der Waals surface area contributed by atoms with E-state index < -0.39 is 0 Å². The molecule has 0 aliphatic carbocycles. The Labute approximate surface area is 337 Å². The maximum atomic E-state index is 6.67. The highest BCUT2D eigenvalue weighted by atomic mass is 32.1. The van der Waals surface area contributed by atoms with Crippen LogP contribution in [0.25, 0.3) is 120 Å². The highest BCUT2D eigenvalue weighted by Crippen LogP contribution is 2.44. The Morgan fingerprint density at radius 3 is 1.48 bits per heavy atom. The van der Waals surface area contributed by atoms with Gasteiger partial charge in [0.2, 0.25) is 0 Å². The number of benzene rings is 9. The van der Waals surface area contributed by atoms with Gasteiger partial charge in [0.25, 0.3) is 0 Å². The Kier molecular flexibility index (Phi) is 7.25. The minimum Gasteiger partial charge on any atom is -0.456 e.